The van der Waals surface area contributed by atoms with Gasteiger partial charge in [-0.1, -0.05) is 0 Å². The Hall–Kier alpha value is -2.24. The van der Waals surface area contributed by atoms with Crippen LogP contribution in [0.5, 0.6) is 0 Å². The molecule has 1 unspecified atom stereocenters. The van der Waals surface area contributed by atoms with Gasteiger partial charge in [0.15, 0.2) is 18.0 Å². The molecule has 2 N–H and O–H groups in total. The van der Waals surface area contributed by atoms with E-state index >= 15 is 0 Å². The second-order valence-electron chi connectivity index (χ2n) is 4.76. The van der Waals surface area contributed by atoms with E-state index in [-0.39, 0.29) is 24.7 Å². The number of aromatic nitrogens is 1. The van der Waals surface area contributed by atoms with E-state index in [1.165, 1.54) is 6.20 Å². The first-order valence-corrected chi connectivity index (χ1v) is 5.95. The monoisotopic (exact) mass is 263 g/mol. The van der Waals surface area contributed by atoms with Gasteiger partial charge >= 0.3 is 5.97 Å². The van der Waals surface area contributed by atoms with Crippen LogP contribution in [0.3, 0.4) is 0 Å². The summed E-state index contributed by atoms with van der Waals surface area (Å²) >= 11 is 0. The van der Waals surface area contributed by atoms with Crippen molar-refractivity contribution >= 4 is 17.7 Å². The average Bonchev–Trinajstić information content (AvgIpc) is 2.71. The number of cyclic esters (lactones) is 1. The first kappa shape index (κ1) is 13.2. The fourth-order valence-corrected chi connectivity index (χ4v) is 1.99. The number of pyridine rings is 1. The molecule has 0 aromatic carbocycles. The maximum Gasteiger partial charge on any atom is 0.306 e. The lowest BCUT2D eigenvalue weighted by Crippen LogP contribution is -2.47. The number of amides is 1. The maximum absolute atomic E-state index is 12.1. The lowest BCUT2D eigenvalue weighted by molar-refractivity contribution is -0.684. The van der Waals surface area contributed by atoms with Crippen LogP contribution in [0.1, 0.15) is 30.1 Å². The van der Waals surface area contributed by atoms with Gasteiger partial charge in [0, 0.05) is 18.9 Å². The van der Waals surface area contributed by atoms with Crippen molar-refractivity contribution in [1.29, 1.82) is 0 Å². The van der Waals surface area contributed by atoms with E-state index in [0.29, 0.717) is 12.0 Å². The minimum absolute atomic E-state index is 0.0326. The van der Waals surface area contributed by atoms with Crippen molar-refractivity contribution in [3.8, 4) is 0 Å². The molecule has 1 saturated heterocycles. The van der Waals surface area contributed by atoms with Crippen LogP contribution in [-0.2, 0) is 20.9 Å². The molecule has 0 radical (unpaired) electrons. The van der Waals surface area contributed by atoms with Crippen LogP contribution >= 0.6 is 0 Å². The lowest BCUT2D eigenvalue weighted by Gasteiger charge is -2.18. The van der Waals surface area contributed by atoms with Gasteiger partial charge in [-0.25, -0.2) is 0 Å². The zero-order valence-corrected chi connectivity index (χ0v) is 10.6. The van der Waals surface area contributed by atoms with Gasteiger partial charge < -0.3 is 10.5 Å². The highest BCUT2D eigenvalue weighted by molar-refractivity contribution is 5.92. The molecule has 1 aromatic rings. The predicted molar refractivity (Wildman–Crippen MR) is 63.9 cm³/mol. The largest absolute Gasteiger partial charge is 0.451 e. The molecule has 1 atom stereocenters. The number of Topliss-reactive ketones (excluding diaryl/α,β-unsaturated/α-hetero) is 1. The quantitative estimate of drug-likeness (QED) is 0.598. The molecule has 100 valence electrons. The molecule has 0 bridgehead atoms. The normalized spacial score (nSPS) is 22.1. The van der Waals surface area contributed by atoms with Crippen LogP contribution in [0.25, 0.3) is 0 Å². The molecular weight excluding hydrogens is 248 g/mol. The van der Waals surface area contributed by atoms with Crippen molar-refractivity contribution < 1.29 is 23.7 Å². The summed E-state index contributed by atoms with van der Waals surface area (Å²) in [5.41, 5.74) is 4.43. The number of nitrogens with two attached hydrogens (primary N) is 1. The van der Waals surface area contributed by atoms with Crippen molar-refractivity contribution in [2.45, 2.75) is 31.9 Å². The Morgan fingerprint density at radius 2 is 2.26 bits per heavy atom. The number of hydrogen-bond donors (Lipinski definition) is 1. The van der Waals surface area contributed by atoms with Crippen molar-refractivity contribution in [1.82, 2.24) is 0 Å². The van der Waals surface area contributed by atoms with Gasteiger partial charge in [0.25, 0.3) is 5.91 Å². The molecule has 1 amide bonds. The summed E-state index contributed by atoms with van der Waals surface area (Å²) in [4.78, 5) is 34.3. The van der Waals surface area contributed by atoms with Crippen LogP contribution < -0.4 is 10.3 Å². The van der Waals surface area contributed by atoms with Crippen molar-refractivity contribution in [2.24, 2.45) is 5.73 Å². The third-order valence-electron chi connectivity index (χ3n) is 3.20. The van der Waals surface area contributed by atoms with Crippen LogP contribution in [0.4, 0.5) is 0 Å². The third kappa shape index (κ3) is 2.78. The van der Waals surface area contributed by atoms with Gasteiger partial charge in [0.05, 0.1) is 0 Å². The topological polar surface area (TPSA) is 90.3 Å². The number of carbonyl (C=O) groups excluding carboxylic acids is 3. The number of primary amides is 1. The number of rotatable bonds is 4. The highest BCUT2D eigenvalue weighted by Crippen LogP contribution is 2.27. The standard InChI is InChI=1S/C13H14N2O4/c1-13(5-4-11(17)19-13)10(16)8-15-6-2-3-9(7-15)12(14)18/h2-3,6-7H,4-5,8H2,1H3,(H-,14,18)/p+1. The molecule has 1 aliphatic rings. The fraction of sp³-hybridized carbons (Fsp3) is 0.385. The van der Waals surface area contributed by atoms with Crippen LogP contribution in [0.15, 0.2) is 24.5 Å². The summed E-state index contributed by atoms with van der Waals surface area (Å²) in [7, 11) is 0. The number of carbonyl (C=O) groups is 3. The van der Waals surface area contributed by atoms with Crippen molar-refractivity contribution in [3.05, 3.63) is 30.1 Å². The molecule has 1 aromatic heterocycles. The fourth-order valence-electron chi connectivity index (χ4n) is 1.99. The molecule has 0 saturated carbocycles. The Labute approximate surface area is 110 Å². The first-order chi connectivity index (χ1) is 8.90. The molecule has 2 heterocycles. The molecule has 2 rings (SSSR count). The first-order valence-electron chi connectivity index (χ1n) is 5.95. The maximum atomic E-state index is 12.1. The second-order valence-corrected chi connectivity index (χ2v) is 4.76. The summed E-state index contributed by atoms with van der Waals surface area (Å²) in [6, 6.07) is 3.21. The van der Waals surface area contributed by atoms with E-state index < -0.39 is 11.5 Å². The Morgan fingerprint density at radius 3 is 2.84 bits per heavy atom. The summed E-state index contributed by atoms with van der Waals surface area (Å²) in [6.45, 7) is 1.64. The van der Waals surface area contributed by atoms with Gasteiger partial charge in [-0.15, -0.1) is 0 Å². The molecular formula is C13H15N2O4+. The smallest absolute Gasteiger partial charge is 0.306 e. The average molecular weight is 263 g/mol. The van der Waals surface area contributed by atoms with Crippen LogP contribution in [0, 0.1) is 0 Å². The van der Waals surface area contributed by atoms with E-state index in [0.717, 1.165) is 0 Å². The van der Waals surface area contributed by atoms with Gasteiger partial charge in [-0.2, -0.15) is 4.57 Å². The minimum atomic E-state index is -1.06. The Bertz CT molecular complexity index is 555. The Morgan fingerprint density at radius 1 is 1.53 bits per heavy atom. The Balaban J connectivity index is 2.13. The highest BCUT2D eigenvalue weighted by atomic mass is 16.6. The SMILES string of the molecule is CC1(C(=O)C[n+]2cccc(C(N)=O)c2)CCC(=O)O1. The minimum Gasteiger partial charge on any atom is -0.451 e. The van der Waals surface area contributed by atoms with Crippen LogP contribution in [-0.4, -0.2) is 23.3 Å². The molecule has 0 spiro atoms. The second kappa shape index (κ2) is 4.79. The lowest BCUT2D eigenvalue weighted by atomic mass is 9.97. The predicted octanol–water partition coefficient (Wildman–Crippen LogP) is -0.262. The summed E-state index contributed by atoms with van der Waals surface area (Å²) in [6.07, 6.45) is 3.81. The zero-order chi connectivity index (χ0) is 14.0. The third-order valence-corrected chi connectivity index (χ3v) is 3.20. The molecule has 6 nitrogen and oxygen atoms in total. The summed E-state index contributed by atoms with van der Waals surface area (Å²) in [5, 5.41) is 0. The van der Waals surface area contributed by atoms with E-state index in [1.807, 2.05) is 0 Å². The zero-order valence-electron chi connectivity index (χ0n) is 10.6. The molecule has 0 aliphatic carbocycles. The summed E-state index contributed by atoms with van der Waals surface area (Å²) < 4.78 is 6.62. The number of esters is 1. The van der Waals surface area contributed by atoms with E-state index in [1.54, 1.807) is 29.8 Å². The number of hydrogen-bond acceptors (Lipinski definition) is 4. The number of nitrogens with zero attached hydrogens (tertiary/aromatic N) is 1. The Kier molecular flexibility index (Phi) is 3.33. The van der Waals surface area contributed by atoms with Gasteiger partial charge in [-0.05, 0) is 13.0 Å². The molecule has 19 heavy (non-hydrogen) atoms. The van der Waals surface area contributed by atoms with E-state index in [2.05, 4.69) is 0 Å². The van der Waals surface area contributed by atoms with Gasteiger partial charge in [-0.3, -0.25) is 14.4 Å². The van der Waals surface area contributed by atoms with E-state index in [9.17, 15) is 14.4 Å². The van der Waals surface area contributed by atoms with Crippen molar-refractivity contribution in [3.63, 3.8) is 0 Å². The van der Waals surface area contributed by atoms with Gasteiger partial charge in [0.1, 0.15) is 5.56 Å². The van der Waals surface area contributed by atoms with E-state index in [4.69, 9.17) is 10.5 Å². The molecule has 1 fully saturated rings. The highest BCUT2D eigenvalue weighted by Gasteiger charge is 2.43. The van der Waals surface area contributed by atoms with Crippen molar-refractivity contribution in [2.75, 3.05) is 0 Å². The summed E-state index contributed by atoms with van der Waals surface area (Å²) in [5.74, 6) is -1.11. The number of ether oxygens (including phenoxy) is 1. The number of ketones is 1. The molecule has 1 aliphatic heterocycles. The molecule has 6 heteroatoms. The van der Waals surface area contributed by atoms with Crippen LogP contribution in [0.2, 0.25) is 0 Å². The van der Waals surface area contributed by atoms with Gasteiger partial charge in [0.2, 0.25) is 12.3 Å².